The molecule has 2 saturated heterocycles. The molecule has 6 atom stereocenters. The maximum atomic E-state index is 12.2. The van der Waals surface area contributed by atoms with Crippen LogP contribution in [0.15, 0.2) is 11.6 Å². The van der Waals surface area contributed by atoms with Crippen molar-refractivity contribution in [3.05, 3.63) is 11.6 Å². The molecular weight excluding hydrogens is 416 g/mol. The highest BCUT2D eigenvalue weighted by Crippen LogP contribution is 2.29. The number of carbonyl (C=O) groups excluding carboxylic acids is 1. The van der Waals surface area contributed by atoms with Gasteiger partial charge in [-0.2, -0.15) is 0 Å². The van der Waals surface area contributed by atoms with Crippen molar-refractivity contribution in [1.82, 2.24) is 0 Å². The highest BCUT2D eigenvalue weighted by atomic mass is 16.6. The Morgan fingerprint density at radius 3 is 2.18 bits per heavy atom. The van der Waals surface area contributed by atoms with Crippen LogP contribution in [0.3, 0.4) is 0 Å². The molecule has 2 fully saturated rings. The van der Waals surface area contributed by atoms with Gasteiger partial charge >= 0.3 is 5.97 Å². The second-order valence-electron chi connectivity index (χ2n) is 11.1. The Bertz CT molecular complexity index is 587. The lowest BCUT2D eigenvalue weighted by Gasteiger charge is -2.16. The largest absolute Gasteiger partial charge is 0.457 e. The van der Waals surface area contributed by atoms with Crippen molar-refractivity contribution in [1.29, 1.82) is 0 Å². The molecule has 2 unspecified atom stereocenters. The monoisotopic (exact) mass is 466 g/mol. The zero-order valence-electron chi connectivity index (χ0n) is 21.9. The van der Waals surface area contributed by atoms with Crippen molar-refractivity contribution < 1.29 is 24.1 Å². The minimum atomic E-state index is -0.616. The van der Waals surface area contributed by atoms with Gasteiger partial charge in [-0.3, -0.25) is 4.79 Å². The number of ether oxygens (including phenoxy) is 3. The molecule has 0 amide bonds. The molecule has 5 heteroatoms. The van der Waals surface area contributed by atoms with Crippen LogP contribution >= 0.6 is 0 Å². The number of hydrogen-bond donors (Lipinski definition) is 1. The van der Waals surface area contributed by atoms with Crippen molar-refractivity contribution in [2.75, 3.05) is 13.2 Å². The van der Waals surface area contributed by atoms with Gasteiger partial charge in [0.1, 0.15) is 18.3 Å². The molecule has 0 bridgehead atoms. The van der Waals surface area contributed by atoms with Gasteiger partial charge in [0.05, 0.1) is 13.2 Å². The first-order valence-corrected chi connectivity index (χ1v) is 13.5. The van der Waals surface area contributed by atoms with Crippen LogP contribution in [-0.4, -0.2) is 48.7 Å². The predicted octanol–water partition coefficient (Wildman–Crippen LogP) is 6.22. The van der Waals surface area contributed by atoms with Gasteiger partial charge in [-0.15, -0.1) is 0 Å². The van der Waals surface area contributed by atoms with E-state index in [-0.39, 0.29) is 24.8 Å². The first-order valence-electron chi connectivity index (χ1n) is 13.5. The van der Waals surface area contributed by atoms with E-state index in [4.69, 9.17) is 14.2 Å². The fourth-order valence-corrected chi connectivity index (χ4v) is 5.02. The molecule has 0 aliphatic carbocycles. The van der Waals surface area contributed by atoms with Gasteiger partial charge in [0, 0.05) is 6.42 Å². The van der Waals surface area contributed by atoms with Gasteiger partial charge in [0.2, 0.25) is 0 Å². The van der Waals surface area contributed by atoms with E-state index in [1.54, 1.807) is 0 Å². The Balaban J connectivity index is 1.49. The second kappa shape index (κ2) is 15.2. The Kier molecular flexibility index (Phi) is 13.0. The molecule has 0 aromatic carbocycles. The van der Waals surface area contributed by atoms with Gasteiger partial charge in [0.15, 0.2) is 6.10 Å². The van der Waals surface area contributed by atoms with Gasteiger partial charge in [-0.1, -0.05) is 84.3 Å². The number of esters is 1. The highest BCUT2D eigenvalue weighted by Gasteiger charge is 2.48. The van der Waals surface area contributed by atoms with Gasteiger partial charge in [-0.25, -0.2) is 0 Å². The Morgan fingerprint density at radius 2 is 1.52 bits per heavy atom. The molecule has 2 aliphatic heterocycles. The average molecular weight is 467 g/mol. The molecule has 0 radical (unpaired) electrons. The van der Waals surface area contributed by atoms with Crippen LogP contribution < -0.4 is 0 Å². The lowest BCUT2D eigenvalue weighted by Crippen LogP contribution is -2.34. The quantitative estimate of drug-likeness (QED) is 0.216. The van der Waals surface area contributed by atoms with Crippen molar-refractivity contribution in [3.8, 4) is 0 Å². The van der Waals surface area contributed by atoms with E-state index < -0.39 is 12.2 Å². The summed E-state index contributed by atoms with van der Waals surface area (Å²) in [7, 11) is 0. The summed E-state index contributed by atoms with van der Waals surface area (Å²) in [6.45, 7) is 12.2. The topological polar surface area (TPSA) is 65.0 Å². The Morgan fingerprint density at radius 1 is 0.909 bits per heavy atom. The SMILES string of the molecule is CC(=CCCC(=O)O[C@@H]1CO[C@H]2[C@@H]1OC[C@@H]2O)CCCC(C)CCCC(C)CCCC(C)C. The number of fused-ring (bicyclic) bond motifs is 1. The number of hydrogen-bond acceptors (Lipinski definition) is 5. The van der Waals surface area contributed by atoms with E-state index in [9.17, 15) is 9.90 Å². The van der Waals surface area contributed by atoms with Crippen LogP contribution in [0.25, 0.3) is 0 Å². The minimum absolute atomic E-state index is 0.217. The van der Waals surface area contributed by atoms with Gasteiger partial charge in [0.25, 0.3) is 0 Å². The van der Waals surface area contributed by atoms with Crippen LogP contribution in [0, 0.1) is 17.8 Å². The zero-order valence-corrected chi connectivity index (χ0v) is 21.9. The summed E-state index contributed by atoms with van der Waals surface area (Å²) in [6.07, 6.45) is 13.4. The van der Waals surface area contributed by atoms with Crippen molar-refractivity contribution >= 4 is 5.97 Å². The van der Waals surface area contributed by atoms with Crippen LogP contribution in [-0.2, 0) is 19.0 Å². The third-order valence-corrected chi connectivity index (χ3v) is 7.25. The second-order valence-corrected chi connectivity index (χ2v) is 11.1. The third kappa shape index (κ3) is 10.9. The lowest BCUT2D eigenvalue weighted by molar-refractivity contribution is -0.153. The fourth-order valence-electron chi connectivity index (χ4n) is 5.02. The molecule has 2 aliphatic rings. The summed E-state index contributed by atoms with van der Waals surface area (Å²) in [5.41, 5.74) is 1.36. The normalized spacial score (nSPS) is 27.1. The first kappa shape index (κ1) is 28.3. The molecular formula is C28H50O5. The van der Waals surface area contributed by atoms with E-state index in [1.807, 2.05) is 0 Å². The highest BCUT2D eigenvalue weighted by molar-refractivity contribution is 5.69. The summed E-state index contributed by atoms with van der Waals surface area (Å²) < 4.78 is 16.5. The van der Waals surface area contributed by atoms with E-state index in [0.29, 0.717) is 19.4 Å². The summed E-state index contributed by atoms with van der Waals surface area (Å²) in [5.74, 6) is 2.28. The average Bonchev–Trinajstić information content (AvgIpc) is 3.31. The summed E-state index contributed by atoms with van der Waals surface area (Å²) in [6, 6.07) is 0. The van der Waals surface area contributed by atoms with Gasteiger partial charge < -0.3 is 19.3 Å². The first-order chi connectivity index (χ1) is 15.8. The molecule has 33 heavy (non-hydrogen) atoms. The summed E-state index contributed by atoms with van der Waals surface area (Å²) in [5, 5.41) is 9.77. The van der Waals surface area contributed by atoms with Crippen molar-refractivity contribution in [2.24, 2.45) is 17.8 Å². The zero-order chi connectivity index (χ0) is 24.2. The molecule has 0 aromatic heterocycles. The molecule has 1 N–H and O–H groups in total. The van der Waals surface area contributed by atoms with Crippen LogP contribution in [0.5, 0.6) is 0 Å². The number of carbonyl (C=O) groups is 1. The molecule has 5 nitrogen and oxygen atoms in total. The minimum Gasteiger partial charge on any atom is -0.457 e. The van der Waals surface area contributed by atoms with Gasteiger partial charge in [-0.05, 0) is 43.9 Å². The standard InChI is InChI=1S/C28H50O5/c1-20(2)10-6-11-21(3)12-7-13-22(4)14-8-15-23(5)16-9-17-26(30)33-25-19-32-27-24(29)18-31-28(25)27/h16,20-22,24-25,27-29H,6-15,17-19H2,1-5H3/t21?,22?,24-,25+,27+,28+/m0/s1. The molecule has 2 heterocycles. The molecule has 0 spiro atoms. The lowest BCUT2D eigenvalue weighted by atomic mass is 9.91. The molecule has 2 rings (SSSR count). The maximum absolute atomic E-state index is 12.2. The number of rotatable bonds is 16. The maximum Gasteiger partial charge on any atom is 0.306 e. The number of allylic oxidation sites excluding steroid dienone is 2. The Hall–Kier alpha value is -0.910. The van der Waals surface area contributed by atoms with Crippen molar-refractivity contribution in [2.45, 2.75) is 130 Å². The van der Waals surface area contributed by atoms with Crippen LogP contribution in [0.2, 0.25) is 0 Å². The third-order valence-electron chi connectivity index (χ3n) is 7.25. The van der Waals surface area contributed by atoms with Crippen molar-refractivity contribution in [3.63, 3.8) is 0 Å². The van der Waals surface area contributed by atoms with E-state index in [0.717, 1.165) is 24.2 Å². The summed E-state index contributed by atoms with van der Waals surface area (Å²) in [4.78, 5) is 12.2. The summed E-state index contributed by atoms with van der Waals surface area (Å²) >= 11 is 0. The number of aliphatic hydroxyl groups excluding tert-OH is 1. The molecule has 192 valence electrons. The predicted molar refractivity (Wildman–Crippen MR) is 133 cm³/mol. The van der Waals surface area contributed by atoms with E-state index >= 15 is 0 Å². The van der Waals surface area contributed by atoms with E-state index in [2.05, 4.69) is 40.7 Å². The smallest absolute Gasteiger partial charge is 0.306 e. The van der Waals surface area contributed by atoms with Crippen LogP contribution in [0.4, 0.5) is 0 Å². The molecule has 0 aromatic rings. The molecule has 0 saturated carbocycles. The Labute approximate surface area is 202 Å². The number of aliphatic hydroxyl groups is 1. The van der Waals surface area contributed by atoms with Crippen LogP contribution in [0.1, 0.15) is 105 Å². The fraction of sp³-hybridized carbons (Fsp3) is 0.893. The van der Waals surface area contributed by atoms with E-state index in [1.165, 1.54) is 56.9 Å².